The van der Waals surface area contributed by atoms with Gasteiger partial charge in [-0.05, 0) is 38.1 Å². The average molecular weight is 263 g/mol. The number of nitrogens with zero attached hydrogens (tertiary/aromatic N) is 1. The molecule has 0 saturated carbocycles. The SMILES string of the molecule is COc1cccc(NC(=O)NCC2CCN(C)C2)c1. The van der Waals surface area contributed by atoms with Gasteiger partial charge in [0.2, 0.25) is 0 Å². The number of urea groups is 1. The topological polar surface area (TPSA) is 53.6 Å². The molecule has 0 aromatic heterocycles. The third-order valence-corrected chi connectivity index (χ3v) is 3.37. The molecule has 1 saturated heterocycles. The lowest BCUT2D eigenvalue weighted by molar-refractivity contribution is 0.250. The van der Waals surface area contributed by atoms with Crippen molar-refractivity contribution in [2.75, 3.05) is 39.1 Å². The summed E-state index contributed by atoms with van der Waals surface area (Å²) in [5, 5.41) is 5.72. The number of benzene rings is 1. The molecule has 1 atom stereocenters. The summed E-state index contributed by atoms with van der Waals surface area (Å²) in [6.07, 6.45) is 1.15. The highest BCUT2D eigenvalue weighted by atomic mass is 16.5. The van der Waals surface area contributed by atoms with Crippen molar-refractivity contribution in [3.8, 4) is 5.75 Å². The maximum Gasteiger partial charge on any atom is 0.319 e. The summed E-state index contributed by atoms with van der Waals surface area (Å²) < 4.78 is 5.11. The summed E-state index contributed by atoms with van der Waals surface area (Å²) in [6.45, 7) is 2.89. The van der Waals surface area contributed by atoms with Gasteiger partial charge in [-0.15, -0.1) is 0 Å². The first-order valence-electron chi connectivity index (χ1n) is 6.55. The number of hydrogen-bond donors (Lipinski definition) is 2. The van der Waals surface area contributed by atoms with E-state index in [0.717, 1.165) is 37.5 Å². The van der Waals surface area contributed by atoms with Gasteiger partial charge in [-0.3, -0.25) is 0 Å². The summed E-state index contributed by atoms with van der Waals surface area (Å²) in [6, 6.07) is 7.16. The van der Waals surface area contributed by atoms with E-state index in [9.17, 15) is 4.79 Å². The second-order valence-electron chi connectivity index (χ2n) is 4.98. The Morgan fingerprint density at radius 2 is 2.37 bits per heavy atom. The van der Waals surface area contributed by atoms with Gasteiger partial charge in [-0.1, -0.05) is 6.07 Å². The maximum atomic E-state index is 11.8. The van der Waals surface area contributed by atoms with E-state index in [1.807, 2.05) is 18.2 Å². The average Bonchev–Trinajstić information content (AvgIpc) is 2.82. The van der Waals surface area contributed by atoms with Crippen LogP contribution in [0.25, 0.3) is 0 Å². The van der Waals surface area contributed by atoms with Crippen LogP contribution < -0.4 is 15.4 Å². The zero-order valence-corrected chi connectivity index (χ0v) is 11.5. The smallest absolute Gasteiger partial charge is 0.319 e. The van der Waals surface area contributed by atoms with Crippen molar-refractivity contribution in [1.82, 2.24) is 10.2 Å². The lowest BCUT2D eigenvalue weighted by Gasteiger charge is -2.12. The van der Waals surface area contributed by atoms with Crippen LogP contribution in [0.1, 0.15) is 6.42 Å². The number of ether oxygens (including phenoxy) is 1. The Bertz CT molecular complexity index is 436. The summed E-state index contributed by atoms with van der Waals surface area (Å²) in [5.41, 5.74) is 0.736. The van der Waals surface area contributed by atoms with Gasteiger partial charge in [0.05, 0.1) is 7.11 Å². The molecule has 0 aliphatic carbocycles. The molecule has 0 spiro atoms. The fraction of sp³-hybridized carbons (Fsp3) is 0.500. The van der Waals surface area contributed by atoms with E-state index in [-0.39, 0.29) is 6.03 Å². The van der Waals surface area contributed by atoms with E-state index < -0.39 is 0 Å². The molecule has 1 fully saturated rings. The van der Waals surface area contributed by atoms with Crippen LogP contribution in [-0.4, -0.2) is 44.7 Å². The molecule has 5 nitrogen and oxygen atoms in total. The molecule has 5 heteroatoms. The highest BCUT2D eigenvalue weighted by Gasteiger charge is 2.19. The van der Waals surface area contributed by atoms with E-state index in [1.54, 1.807) is 13.2 Å². The number of carbonyl (C=O) groups is 1. The highest BCUT2D eigenvalue weighted by molar-refractivity contribution is 5.89. The lowest BCUT2D eigenvalue weighted by Crippen LogP contribution is -2.33. The van der Waals surface area contributed by atoms with Crippen molar-refractivity contribution in [1.29, 1.82) is 0 Å². The number of carbonyl (C=O) groups excluding carboxylic acids is 1. The molecule has 1 aromatic rings. The van der Waals surface area contributed by atoms with Gasteiger partial charge in [-0.25, -0.2) is 4.79 Å². The zero-order valence-electron chi connectivity index (χ0n) is 11.5. The minimum absolute atomic E-state index is 0.164. The van der Waals surface area contributed by atoms with Gasteiger partial charge in [0, 0.05) is 24.8 Å². The molecule has 2 amide bonds. The number of amides is 2. The number of hydrogen-bond acceptors (Lipinski definition) is 3. The number of nitrogens with one attached hydrogen (secondary N) is 2. The maximum absolute atomic E-state index is 11.8. The normalized spacial score (nSPS) is 19.2. The lowest BCUT2D eigenvalue weighted by atomic mass is 10.1. The third kappa shape index (κ3) is 4.13. The van der Waals surface area contributed by atoms with E-state index in [0.29, 0.717) is 5.92 Å². The van der Waals surface area contributed by atoms with Gasteiger partial charge < -0.3 is 20.3 Å². The second-order valence-corrected chi connectivity index (χ2v) is 4.98. The van der Waals surface area contributed by atoms with Crippen molar-refractivity contribution in [3.63, 3.8) is 0 Å². The van der Waals surface area contributed by atoms with Crippen LogP contribution in [0.4, 0.5) is 10.5 Å². The van der Waals surface area contributed by atoms with E-state index in [4.69, 9.17) is 4.74 Å². The monoisotopic (exact) mass is 263 g/mol. The Kier molecular flexibility index (Phi) is 4.63. The van der Waals surface area contributed by atoms with Crippen molar-refractivity contribution in [2.24, 2.45) is 5.92 Å². The van der Waals surface area contributed by atoms with Crippen LogP contribution >= 0.6 is 0 Å². The van der Waals surface area contributed by atoms with Crippen LogP contribution in [0.5, 0.6) is 5.75 Å². The molecular formula is C14H21N3O2. The molecule has 2 rings (SSSR count). The van der Waals surface area contributed by atoms with Gasteiger partial charge in [-0.2, -0.15) is 0 Å². The first kappa shape index (κ1) is 13.7. The summed E-state index contributed by atoms with van der Waals surface area (Å²) in [5.74, 6) is 1.29. The van der Waals surface area contributed by atoms with E-state index >= 15 is 0 Å². The Balaban J connectivity index is 1.77. The van der Waals surface area contributed by atoms with Crippen LogP contribution in [0.15, 0.2) is 24.3 Å². The molecule has 1 heterocycles. The van der Waals surface area contributed by atoms with Gasteiger partial charge in [0.1, 0.15) is 5.75 Å². The largest absolute Gasteiger partial charge is 0.497 e. The number of rotatable bonds is 4. The van der Waals surface area contributed by atoms with Crippen molar-refractivity contribution >= 4 is 11.7 Å². The van der Waals surface area contributed by atoms with Crippen molar-refractivity contribution in [3.05, 3.63) is 24.3 Å². The first-order valence-corrected chi connectivity index (χ1v) is 6.55. The van der Waals surface area contributed by atoms with Crippen molar-refractivity contribution < 1.29 is 9.53 Å². The van der Waals surface area contributed by atoms with Crippen molar-refractivity contribution in [2.45, 2.75) is 6.42 Å². The molecule has 104 valence electrons. The Morgan fingerprint density at radius 1 is 1.53 bits per heavy atom. The molecule has 1 unspecified atom stereocenters. The fourth-order valence-corrected chi connectivity index (χ4v) is 2.31. The first-order chi connectivity index (χ1) is 9.17. The molecular weight excluding hydrogens is 242 g/mol. The fourth-order valence-electron chi connectivity index (χ4n) is 2.31. The second kappa shape index (κ2) is 6.43. The van der Waals surface area contributed by atoms with E-state index in [1.165, 1.54) is 0 Å². The minimum atomic E-state index is -0.164. The van der Waals surface area contributed by atoms with Gasteiger partial charge in [0.15, 0.2) is 0 Å². The third-order valence-electron chi connectivity index (χ3n) is 3.37. The van der Waals surface area contributed by atoms with Crippen LogP contribution in [0, 0.1) is 5.92 Å². The number of likely N-dealkylation sites (tertiary alicyclic amines) is 1. The van der Waals surface area contributed by atoms with E-state index in [2.05, 4.69) is 22.6 Å². The standard InChI is InChI=1S/C14H21N3O2/c1-17-7-6-11(10-17)9-15-14(18)16-12-4-3-5-13(8-12)19-2/h3-5,8,11H,6-7,9-10H2,1-2H3,(H2,15,16,18). The van der Waals surface area contributed by atoms with Crippen LogP contribution in [0.3, 0.4) is 0 Å². The molecule has 0 bridgehead atoms. The number of anilines is 1. The van der Waals surface area contributed by atoms with Gasteiger partial charge in [0.25, 0.3) is 0 Å². The summed E-state index contributed by atoms with van der Waals surface area (Å²) >= 11 is 0. The molecule has 1 aliphatic rings. The molecule has 19 heavy (non-hydrogen) atoms. The predicted molar refractivity (Wildman–Crippen MR) is 75.6 cm³/mol. The predicted octanol–water partition coefficient (Wildman–Crippen LogP) is 1.77. The Labute approximate surface area is 113 Å². The summed E-state index contributed by atoms with van der Waals surface area (Å²) in [4.78, 5) is 14.1. The molecule has 2 N–H and O–H groups in total. The highest BCUT2D eigenvalue weighted by Crippen LogP contribution is 2.16. The Morgan fingerprint density at radius 3 is 3.05 bits per heavy atom. The van der Waals surface area contributed by atoms with Crippen LogP contribution in [0.2, 0.25) is 0 Å². The number of methoxy groups -OCH3 is 1. The Hall–Kier alpha value is -1.75. The zero-order chi connectivity index (χ0) is 13.7. The molecule has 1 aromatic carbocycles. The quantitative estimate of drug-likeness (QED) is 0.870. The minimum Gasteiger partial charge on any atom is -0.497 e. The molecule has 1 aliphatic heterocycles. The van der Waals surface area contributed by atoms with Crippen LogP contribution in [-0.2, 0) is 0 Å². The molecule has 0 radical (unpaired) electrons. The summed E-state index contributed by atoms with van der Waals surface area (Å²) in [7, 11) is 3.71. The van der Waals surface area contributed by atoms with Gasteiger partial charge >= 0.3 is 6.03 Å².